The Bertz CT molecular complexity index is 911. The van der Waals surface area contributed by atoms with Crippen LogP contribution in [0.2, 0.25) is 0 Å². The van der Waals surface area contributed by atoms with Gasteiger partial charge in [-0.15, -0.1) is 0 Å². The molecule has 1 amide bonds. The van der Waals surface area contributed by atoms with E-state index in [0.29, 0.717) is 43.2 Å². The van der Waals surface area contributed by atoms with Gasteiger partial charge in [0, 0.05) is 19.3 Å². The molecule has 1 fully saturated rings. The van der Waals surface area contributed by atoms with Crippen LogP contribution < -0.4 is 15.0 Å². The molecule has 0 radical (unpaired) electrons. The number of ether oxygens (including phenoxy) is 2. The highest BCUT2D eigenvalue weighted by Crippen LogP contribution is 2.30. The molecular formula is C21H22F3N3O4. The van der Waals surface area contributed by atoms with Gasteiger partial charge in [-0.3, -0.25) is 9.59 Å². The van der Waals surface area contributed by atoms with E-state index in [1.165, 1.54) is 13.2 Å². The molecule has 10 heteroatoms. The van der Waals surface area contributed by atoms with E-state index in [2.05, 4.69) is 10.3 Å². The normalized spacial score (nSPS) is 14.8. The third-order valence-corrected chi connectivity index (χ3v) is 4.95. The summed E-state index contributed by atoms with van der Waals surface area (Å²) in [6.45, 7) is 0.481. The number of anilines is 2. The second kappa shape index (κ2) is 9.67. The molecule has 1 aromatic heterocycles. The van der Waals surface area contributed by atoms with Gasteiger partial charge in [-0.05, 0) is 37.1 Å². The van der Waals surface area contributed by atoms with Gasteiger partial charge in [0.15, 0.2) is 6.61 Å². The molecule has 2 heterocycles. The first-order valence-corrected chi connectivity index (χ1v) is 9.65. The molecule has 1 N–H and O–H groups in total. The second-order valence-electron chi connectivity index (χ2n) is 7.02. The van der Waals surface area contributed by atoms with Crippen molar-refractivity contribution in [2.75, 3.05) is 37.0 Å². The Morgan fingerprint density at radius 1 is 1.16 bits per heavy atom. The highest BCUT2D eigenvalue weighted by atomic mass is 19.4. The Morgan fingerprint density at radius 3 is 2.48 bits per heavy atom. The van der Waals surface area contributed by atoms with E-state index in [1.807, 2.05) is 4.90 Å². The van der Waals surface area contributed by atoms with Gasteiger partial charge in [-0.25, -0.2) is 4.98 Å². The molecule has 1 aliphatic heterocycles. The average Bonchev–Trinajstić information content (AvgIpc) is 2.77. The fraction of sp³-hybridized carbons (Fsp3) is 0.381. The van der Waals surface area contributed by atoms with Crippen molar-refractivity contribution in [3.63, 3.8) is 0 Å². The first-order valence-electron chi connectivity index (χ1n) is 9.65. The Hall–Kier alpha value is -3.30. The zero-order valence-electron chi connectivity index (χ0n) is 16.8. The summed E-state index contributed by atoms with van der Waals surface area (Å²) in [4.78, 5) is 30.0. The summed E-state index contributed by atoms with van der Waals surface area (Å²) < 4.78 is 48.2. The van der Waals surface area contributed by atoms with Gasteiger partial charge in [0.1, 0.15) is 11.6 Å². The molecule has 0 bridgehead atoms. The van der Waals surface area contributed by atoms with Crippen LogP contribution in [0.15, 0.2) is 42.6 Å². The minimum absolute atomic E-state index is 0.384. The molecule has 0 aliphatic carbocycles. The second-order valence-corrected chi connectivity index (χ2v) is 7.02. The molecule has 31 heavy (non-hydrogen) atoms. The first kappa shape index (κ1) is 22.4. The van der Waals surface area contributed by atoms with Crippen LogP contribution in [0.4, 0.5) is 24.7 Å². The van der Waals surface area contributed by atoms with Crippen LogP contribution in [0, 0.1) is 5.92 Å². The van der Waals surface area contributed by atoms with Crippen molar-refractivity contribution in [3.8, 4) is 5.75 Å². The Morgan fingerprint density at radius 2 is 1.87 bits per heavy atom. The van der Waals surface area contributed by atoms with Crippen LogP contribution in [0.25, 0.3) is 0 Å². The summed E-state index contributed by atoms with van der Waals surface area (Å²) in [5.41, 5.74) is -0.329. The third kappa shape index (κ3) is 5.87. The summed E-state index contributed by atoms with van der Waals surface area (Å²) in [5.74, 6) is -0.424. The highest BCUT2D eigenvalue weighted by molar-refractivity contribution is 5.94. The van der Waals surface area contributed by atoms with Gasteiger partial charge in [0.05, 0.1) is 24.3 Å². The topological polar surface area (TPSA) is 80.8 Å². The minimum atomic E-state index is -4.43. The van der Waals surface area contributed by atoms with Gasteiger partial charge in [0.25, 0.3) is 5.91 Å². The standard InChI is InChI=1S/C21H22F3N3O4/c1-30-17-5-3-2-4-16(17)26-19(28)13-31-20(29)14-8-10-27(11-9-14)18-7-6-15(12-25-18)21(22,23)24/h2-7,12,14H,8-11,13H2,1H3,(H,26,28). The number of methoxy groups -OCH3 is 1. The molecule has 1 aromatic carbocycles. The average molecular weight is 437 g/mol. The fourth-order valence-corrected chi connectivity index (χ4v) is 3.27. The monoisotopic (exact) mass is 437 g/mol. The number of esters is 1. The summed E-state index contributed by atoms with van der Waals surface area (Å²) >= 11 is 0. The van der Waals surface area contributed by atoms with Crippen LogP contribution in [0.5, 0.6) is 5.75 Å². The van der Waals surface area contributed by atoms with Crippen LogP contribution in [-0.4, -0.2) is 43.7 Å². The van der Waals surface area contributed by atoms with Crippen molar-refractivity contribution >= 4 is 23.4 Å². The predicted molar refractivity (Wildman–Crippen MR) is 107 cm³/mol. The summed E-state index contributed by atoms with van der Waals surface area (Å²) in [7, 11) is 1.48. The number of carbonyl (C=O) groups is 2. The molecule has 0 saturated carbocycles. The van der Waals surface area contributed by atoms with Crippen molar-refractivity contribution in [2.24, 2.45) is 5.92 Å². The number of halogens is 3. The Balaban J connectivity index is 1.45. The molecule has 0 atom stereocenters. The lowest BCUT2D eigenvalue weighted by Gasteiger charge is -2.31. The summed E-state index contributed by atoms with van der Waals surface area (Å²) in [5, 5.41) is 2.63. The minimum Gasteiger partial charge on any atom is -0.495 e. The van der Waals surface area contributed by atoms with Crippen molar-refractivity contribution in [2.45, 2.75) is 19.0 Å². The molecule has 0 unspecified atom stereocenters. The van der Waals surface area contributed by atoms with Gasteiger partial charge in [-0.1, -0.05) is 12.1 Å². The smallest absolute Gasteiger partial charge is 0.417 e. The number of alkyl halides is 3. The van der Waals surface area contributed by atoms with E-state index in [4.69, 9.17) is 9.47 Å². The lowest BCUT2D eigenvalue weighted by Crippen LogP contribution is -2.38. The van der Waals surface area contributed by atoms with Gasteiger partial charge < -0.3 is 19.7 Å². The van der Waals surface area contributed by atoms with Gasteiger partial charge in [-0.2, -0.15) is 13.2 Å². The molecule has 0 spiro atoms. The first-order chi connectivity index (χ1) is 14.8. The quantitative estimate of drug-likeness (QED) is 0.697. The molecular weight excluding hydrogens is 415 g/mol. The number of pyridine rings is 1. The van der Waals surface area contributed by atoms with E-state index in [0.717, 1.165) is 12.3 Å². The van der Waals surface area contributed by atoms with E-state index in [1.54, 1.807) is 24.3 Å². The van der Waals surface area contributed by atoms with Crippen molar-refractivity contribution in [1.82, 2.24) is 4.98 Å². The van der Waals surface area contributed by atoms with Crippen molar-refractivity contribution in [3.05, 3.63) is 48.2 Å². The molecule has 166 valence electrons. The summed E-state index contributed by atoms with van der Waals surface area (Å²) in [6, 6.07) is 9.18. The van der Waals surface area contributed by atoms with Gasteiger partial charge >= 0.3 is 12.1 Å². The Labute approximate surface area is 177 Å². The number of nitrogens with one attached hydrogen (secondary N) is 1. The largest absolute Gasteiger partial charge is 0.495 e. The van der Waals surface area contributed by atoms with Crippen molar-refractivity contribution in [1.29, 1.82) is 0 Å². The highest BCUT2D eigenvalue weighted by Gasteiger charge is 2.31. The number of piperidine rings is 1. The maximum Gasteiger partial charge on any atom is 0.417 e. The molecule has 7 nitrogen and oxygen atoms in total. The number of carbonyl (C=O) groups excluding carboxylic acids is 2. The molecule has 1 saturated heterocycles. The molecule has 3 rings (SSSR count). The van der Waals surface area contributed by atoms with E-state index in [-0.39, 0.29) is 5.92 Å². The van der Waals surface area contributed by atoms with E-state index in [9.17, 15) is 22.8 Å². The van der Waals surface area contributed by atoms with Crippen molar-refractivity contribution < 1.29 is 32.2 Å². The number of benzene rings is 1. The SMILES string of the molecule is COc1ccccc1NC(=O)COC(=O)C1CCN(c2ccc(C(F)(F)F)cn2)CC1. The maximum absolute atomic E-state index is 12.7. The van der Waals surface area contributed by atoms with E-state index < -0.39 is 30.2 Å². The number of hydrogen-bond donors (Lipinski definition) is 1. The number of rotatable bonds is 6. The van der Waals surface area contributed by atoms with Gasteiger partial charge in [0.2, 0.25) is 0 Å². The predicted octanol–water partition coefficient (Wildman–Crippen LogP) is 3.51. The van der Waals surface area contributed by atoms with Crippen LogP contribution >= 0.6 is 0 Å². The molecule has 1 aliphatic rings. The lowest BCUT2D eigenvalue weighted by molar-refractivity contribution is -0.152. The molecule has 2 aromatic rings. The van der Waals surface area contributed by atoms with Crippen LogP contribution in [0.1, 0.15) is 18.4 Å². The zero-order valence-corrected chi connectivity index (χ0v) is 16.8. The zero-order chi connectivity index (χ0) is 22.4. The maximum atomic E-state index is 12.7. The number of amides is 1. The summed E-state index contributed by atoms with van der Waals surface area (Å²) in [6.07, 6.45) is -2.72. The Kier molecular flexibility index (Phi) is 6.98. The number of para-hydroxylation sites is 2. The number of nitrogens with zero attached hydrogens (tertiary/aromatic N) is 2. The number of hydrogen-bond acceptors (Lipinski definition) is 6. The third-order valence-electron chi connectivity index (χ3n) is 4.95. The van der Waals surface area contributed by atoms with Crippen LogP contribution in [0.3, 0.4) is 0 Å². The van der Waals surface area contributed by atoms with E-state index >= 15 is 0 Å². The van der Waals surface area contributed by atoms with Crippen LogP contribution in [-0.2, 0) is 20.5 Å². The number of aromatic nitrogens is 1. The fourth-order valence-electron chi connectivity index (χ4n) is 3.27. The lowest BCUT2D eigenvalue weighted by atomic mass is 9.97.